The number of nitrogens with one attached hydrogen (secondary N) is 1. The van der Waals surface area contributed by atoms with E-state index in [4.69, 9.17) is 5.73 Å². The van der Waals surface area contributed by atoms with E-state index >= 15 is 0 Å². The average molecular weight is 282 g/mol. The van der Waals surface area contributed by atoms with Gasteiger partial charge in [-0.25, -0.2) is 8.78 Å². The van der Waals surface area contributed by atoms with Crippen molar-refractivity contribution in [1.29, 1.82) is 0 Å². The lowest BCUT2D eigenvalue weighted by Gasteiger charge is -2.23. The van der Waals surface area contributed by atoms with Crippen molar-refractivity contribution in [3.63, 3.8) is 0 Å². The molecule has 1 aromatic heterocycles. The molecule has 2 rings (SSSR count). The quantitative estimate of drug-likeness (QED) is 0.815. The molecule has 0 spiro atoms. The van der Waals surface area contributed by atoms with Crippen molar-refractivity contribution in [1.82, 2.24) is 0 Å². The molecule has 102 valence electrons. The first kappa shape index (κ1) is 13.8. The number of benzene rings is 1. The van der Waals surface area contributed by atoms with E-state index in [-0.39, 0.29) is 23.3 Å². The van der Waals surface area contributed by atoms with Crippen LogP contribution < -0.4 is 11.1 Å². The minimum Gasteiger partial charge on any atom is -0.397 e. The van der Waals surface area contributed by atoms with Gasteiger partial charge in [-0.1, -0.05) is 19.9 Å². The fourth-order valence-corrected chi connectivity index (χ4v) is 2.85. The van der Waals surface area contributed by atoms with Gasteiger partial charge in [0.1, 0.15) is 0 Å². The molecule has 5 heteroatoms. The van der Waals surface area contributed by atoms with Crippen LogP contribution in [0.5, 0.6) is 0 Å². The van der Waals surface area contributed by atoms with Crippen molar-refractivity contribution in [2.24, 2.45) is 5.92 Å². The standard InChI is InChI=1S/C14H16F2N2S/c1-8(2)13(11-4-3-7-19-11)18-14-10(17)6-5-9(15)12(14)16/h3-8,13,18H,17H2,1-2H3. The Balaban J connectivity index is 2.35. The maximum absolute atomic E-state index is 13.8. The third-order valence-electron chi connectivity index (χ3n) is 2.94. The molecule has 1 heterocycles. The number of thiophene rings is 1. The lowest BCUT2D eigenvalue weighted by molar-refractivity contribution is 0.503. The zero-order valence-corrected chi connectivity index (χ0v) is 11.6. The third-order valence-corrected chi connectivity index (χ3v) is 3.90. The fourth-order valence-electron chi connectivity index (χ4n) is 1.90. The number of hydrogen-bond donors (Lipinski definition) is 2. The van der Waals surface area contributed by atoms with Crippen LogP contribution in [0.15, 0.2) is 29.6 Å². The Morgan fingerprint density at radius 3 is 2.53 bits per heavy atom. The van der Waals surface area contributed by atoms with Crippen molar-refractivity contribution in [2.75, 3.05) is 11.1 Å². The predicted octanol–water partition coefficient (Wildman–Crippen LogP) is 4.42. The van der Waals surface area contributed by atoms with E-state index in [9.17, 15) is 8.78 Å². The van der Waals surface area contributed by atoms with Gasteiger partial charge < -0.3 is 11.1 Å². The molecule has 0 aliphatic carbocycles. The van der Waals surface area contributed by atoms with Gasteiger partial charge in [-0.15, -0.1) is 11.3 Å². The maximum atomic E-state index is 13.8. The smallest absolute Gasteiger partial charge is 0.183 e. The first-order valence-corrected chi connectivity index (χ1v) is 6.92. The molecular formula is C14H16F2N2S. The summed E-state index contributed by atoms with van der Waals surface area (Å²) in [6.07, 6.45) is 0. The number of rotatable bonds is 4. The first-order valence-electron chi connectivity index (χ1n) is 6.04. The van der Waals surface area contributed by atoms with Gasteiger partial charge in [-0.05, 0) is 29.5 Å². The van der Waals surface area contributed by atoms with Gasteiger partial charge in [-0.3, -0.25) is 0 Å². The number of halogens is 2. The molecule has 1 aromatic carbocycles. The van der Waals surface area contributed by atoms with E-state index in [0.29, 0.717) is 0 Å². The van der Waals surface area contributed by atoms with Crippen molar-refractivity contribution in [2.45, 2.75) is 19.9 Å². The minimum absolute atomic E-state index is 0.0344. The number of hydrogen-bond acceptors (Lipinski definition) is 3. The molecule has 0 saturated heterocycles. The van der Waals surface area contributed by atoms with Crippen LogP contribution in [0.4, 0.5) is 20.2 Å². The molecule has 0 radical (unpaired) electrons. The summed E-state index contributed by atoms with van der Waals surface area (Å²) >= 11 is 1.58. The summed E-state index contributed by atoms with van der Waals surface area (Å²) in [5.74, 6) is -1.60. The van der Waals surface area contributed by atoms with Gasteiger partial charge in [-0.2, -0.15) is 0 Å². The molecule has 0 aliphatic heterocycles. The van der Waals surface area contributed by atoms with Crippen LogP contribution in [-0.2, 0) is 0 Å². The van der Waals surface area contributed by atoms with Crippen molar-refractivity contribution in [3.05, 3.63) is 46.2 Å². The molecule has 19 heavy (non-hydrogen) atoms. The topological polar surface area (TPSA) is 38.0 Å². The van der Waals surface area contributed by atoms with Crippen LogP contribution >= 0.6 is 11.3 Å². The fraction of sp³-hybridized carbons (Fsp3) is 0.286. The van der Waals surface area contributed by atoms with E-state index in [2.05, 4.69) is 5.32 Å². The lowest BCUT2D eigenvalue weighted by Crippen LogP contribution is -2.17. The Morgan fingerprint density at radius 1 is 1.21 bits per heavy atom. The predicted molar refractivity (Wildman–Crippen MR) is 76.3 cm³/mol. The summed E-state index contributed by atoms with van der Waals surface area (Å²) in [4.78, 5) is 1.07. The summed E-state index contributed by atoms with van der Waals surface area (Å²) in [5, 5.41) is 4.98. The van der Waals surface area contributed by atoms with Crippen LogP contribution in [0, 0.1) is 17.6 Å². The second-order valence-electron chi connectivity index (χ2n) is 4.71. The molecule has 2 aromatic rings. The Bertz CT molecular complexity index is 553. The maximum Gasteiger partial charge on any atom is 0.183 e. The van der Waals surface area contributed by atoms with E-state index in [0.717, 1.165) is 10.9 Å². The molecule has 1 atom stereocenters. The van der Waals surface area contributed by atoms with Gasteiger partial charge >= 0.3 is 0 Å². The Labute approximate surface area is 115 Å². The van der Waals surface area contributed by atoms with E-state index < -0.39 is 11.6 Å². The molecule has 1 unspecified atom stereocenters. The largest absolute Gasteiger partial charge is 0.397 e. The SMILES string of the molecule is CC(C)C(Nc1c(N)ccc(F)c1F)c1cccs1. The van der Waals surface area contributed by atoms with Crippen LogP contribution in [0.3, 0.4) is 0 Å². The van der Waals surface area contributed by atoms with Crippen LogP contribution in [0.25, 0.3) is 0 Å². The molecule has 0 aliphatic rings. The van der Waals surface area contributed by atoms with E-state index in [1.54, 1.807) is 11.3 Å². The Hall–Kier alpha value is -1.62. The van der Waals surface area contributed by atoms with Gasteiger partial charge in [0.05, 0.1) is 17.4 Å². The highest BCUT2D eigenvalue weighted by Gasteiger charge is 2.21. The lowest BCUT2D eigenvalue weighted by atomic mass is 10.0. The molecule has 3 N–H and O–H groups in total. The van der Waals surface area contributed by atoms with Gasteiger partial charge in [0.2, 0.25) is 0 Å². The number of nitrogens with two attached hydrogens (primary N) is 1. The normalized spacial score (nSPS) is 12.7. The van der Waals surface area contributed by atoms with Crippen molar-refractivity contribution in [3.8, 4) is 0 Å². The summed E-state index contributed by atoms with van der Waals surface area (Å²) in [6.45, 7) is 4.04. The summed E-state index contributed by atoms with van der Waals surface area (Å²) in [5.41, 5.74) is 5.97. The minimum atomic E-state index is -0.929. The molecule has 0 fully saturated rings. The monoisotopic (exact) mass is 282 g/mol. The Kier molecular flexibility index (Phi) is 4.04. The van der Waals surface area contributed by atoms with Crippen molar-refractivity contribution >= 4 is 22.7 Å². The highest BCUT2D eigenvalue weighted by Crippen LogP contribution is 2.33. The molecule has 0 bridgehead atoms. The zero-order valence-electron chi connectivity index (χ0n) is 10.8. The molecular weight excluding hydrogens is 266 g/mol. The van der Waals surface area contributed by atoms with E-state index in [1.165, 1.54) is 6.07 Å². The van der Waals surface area contributed by atoms with Crippen LogP contribution in [0.1, 0.15) is 24.8 Å². The molecule has 2 nitrogen and oxygen atoms in total. The van der Waals surface area contributed by atoms with Crippen LogP contribution in [0.2, 0.25) is 0 Å². The second-order valence-corrected chi connectivity index (χ2v) is 5.69. The van der Waals surface area contributed by atoms with Gasteiger partial charge in [0.25, 0.3) is 0 Å². The number of anilines is 2. The average Bonchev–Trinajstić information content (AvgIpc) is 2.87. The van der Waals surface area contributed by atoms with Crippen molar-refractivity contribution < 1.29 is 8.78 Å². The first-order chi connectivity index (χ1) is 9.00. The zero-order chi connectivity index (χ0) is 14.0. The van der Waals surface area contributed by atoms with Gasteiger partial charge in [0.15, 0.2) is 11.6 Å². The van der Waals surface area contributed by atoms with E-state index in [1.807, 2.05) is 31.4 Å². The summed E-state index contributed by atoms with van der Waals surface area (Å²) in [7, 11) is 0. The molecule has 0 amide bonds. The third kappa shape index (κ3) is 2.87. The van der Waals surface area contributed by atoms with Crippen LogP contribution in [-0.4, -0.2) is 0 Å². The van der Waals surface area contributed by atoms with Gasteiger partial charge in [0, 0.05) is 4.88 Å². The summed E-state index contributed by atoms with van der Waals surface area (Å²) in [6, 6.07) is 6.20. The summed E-state index contributed by atoms with van der Waals surface area (Å²) < 4.78 is 27.1. The highest BCUT2D eigenvalue weighted by molar-refractivity contribution is 7.10. The number of nitrogen functional groups attached to an aromatic ring is 1. The molecule has 0 saturated carbocycles. The highest BCUT2D eigenvalue weighted by atomic mass is 32.1. The second kappa shape index (κ2) is 5.57. The Morgan fingerprint density at radius 2 is 1.95 bits per heavy atom.